The van der Waals surface area contributed by atoms with Crippen LogP contribution in [-0.2, 0) is 23.1 Å². The molecule has 0 aliphatic carbocycles. The van der Waals surface area contributed by atoms with Crippen molar-refractivity contribution in [3.8, 4) is 33.6 Å². The van der Waals surface area contributed by atoms with Crippen molar-refractivity contribution >= 4 is 26.7 Å². The lowest BCUT2D eigenvalue weighted by atomic mass is 9.99. The Bertz CT molecular complexity index is 2220. The predicted molar refractivity (Wildman–Crippen MR) is 178 cm³/mol. The second-order valence-corrected chi connectivity index (χ2v) is 13.3. The van der Waals surface area contributed by atoms with Gasteiger partial charge in [0.25, 0.3) is 15.7 Å². The Morgan fingerprint density at radius 1 is 0.915 bits per heavy atom. The van der Waals surface area contributed by atoms with Gasteiger partial charge in [0.1, 0.15) is 11.5 Å². The number of halogens is 1. The van der Waals surface area contributed by atoms with E-state index in [0.717, 1.165) is 25.9 Å². The Kier molecular flexibility index (Phi) is 7.90. The lowest BCUT2D eigenvalue weighted by Crippen LogP contribution is -2.19. The van der Waals surface area contributed by atoms with Crippen LogP contribution < -0.4 is 0 Å². The summed E-state index contributed by atoms with van der Waals surface area (Å²) in [5.41, 5.74) is 4.23. The van der Waals surface area contributed by atoms with E-state index in [1.54, 1.807) is 65.5 Å². The number of non-ortho nitro benzene ring substituents is 1. The third-order valence-electron chi connectivity index (χ3n) is 8.60. The van der Waals surface area contributed by atoms with Gasteiger partial charge in [-0.1, -0.05) is 18.2 Å². The zero-order chi connectivity index (χ0) is 32.7. The lowest BCUT2D eigenvalue weighted by molar-refractivity contribution is -0.384. The minimum atomic E-state index is -4.15. The van der Waals surface area contributed by atoms with E-state index in [-0.39, 0.29) is 22.0 Å². The maximum absolute atomic E-state index is 15.1. The van der Waals surface area contributed by atoms with Crippen molar-refractivity contribution in [1.29, 1.82) is 0 Å². The van der Waals surface area contributed by atoms with Crippen LogP contribution in [-0.4, -0.2) is 50.1 Å². The molecule has 0 amide bonds. The number of nitro benzene ring substituents is 1. The van der Waals surface area contributed by atoms with E-state index >= 15 is 4.39 Å². The number of aryl methyl sites for hydroxylation is 1. The number of benzene rings is 3. The Hall–Kier alpha value is -5.20. The van der Waals surface area contributed by atoms with Gasteiger partial charge >= 0.3 is 0 Å². The van der Waals surface area contributed by atoms with Gasteiger partial charge < -0.3 is 0 Å². The first-order valence-corrected chi connectivity index (χ1v) is 16.8. The smallest absolute Gasteiger partial charge is 0.269 e. The van der Waals surface area contributed by atoms with E-state index in [4.69, 9.17) is 5.10 Å². The molecule has 1 aliphatic heterocycles. The summed E-state index contributed by atoms with van der Waals surface area (Å²) in [5, 5.41) is 16.6. The van der Waals surface area contributed by atoms with E-state index in [9.17, 15) is 18.5 Å². The third-order valence-corrected chi connectivity index (χ3v) is 10.3. The van der Waals surface area contributed by atoms with Crippen molar-refractivity contribution in [2.75, 3.05) is 13.1 Å². The standard InChI is InChI=1S/C35H31FN6O4S/c1-2-40-23-31(34(38-40)24-10-13-27(14-11-24)42(43)44)29-16-17-37-35-30(29)21-33(41(35)47(45,46)28-8-4-3-5-9-28)25-12-15-32(36)26(20-25)22-39-18-6-7-19-39/h3-5,8-17,20-21,23H,2,6-7,18-19,22H2,1H3. The van der Waals surface area contributed by atoms with Crippen molar-refractivity contribution in [1.82, 2.24) is 23.6 Å². The molecule has 12 heteroatoms. The molecule has 0 unspecified atom stereocenters. The van der Waals surface area contributed by atoms with E-state index in [1.165, 1.54) is 34.3 Å². The fourth-order valence-corrected chi connectivity index (χ4v) is 7.73. The van der Waals surface area contributed by atoms with Crippen molar-refractivity contribution in [2.45, 2.75) is 37.8 Å². The summed E-state index contributed by atoms with van der Waals surface area (Å²) < 4.78 is 46.9. The number of nitro groups is 1. The van der Waals surface area contributed by atoms with Gasteiger partial charge in [-0.05, 0) is 98.6 Å². The number of likely N-dealkylation sites (tertiary alicyclic amines) is 1. The highest BCUT2D eigenvalue weighted by molar-refractivity contribution is 7.90. The fraction of sp³-hybridized carbons (Fsp3) is 0.200. The number of aromatic nitrogens is 4. The van der Waals surface area contributed by atoms with Crippen LogP contribution in [0.5, 0.6) is 0 Å². The average Bonchev–Trinajstić information content (AvgIpc) is 3.85. The van der Waals surface area contributed by atoms with E-state index in [0.29, 0.717) is 57.7 Å². The van der Waals surface area contributed by atoms with Crippen LogP contribution in [0.25, 0.3) is 44.7 Å². The molecular weight excluding hydrogens is 619 g/mol. The fourth-order valence-electron chi connectivity index (χ4n) is 6.22. The lowest BCUT2D eigenvalue weighted by Gasteiger charge is -2.16. The third kappa shape index (κ3) is 5.59. The van der Waals surface area contributed by atoms with Crippen LogP contribution in [0, 0.1) is 15.9 Å². The molecule has 0 saturated carbocycles. The summed E-state index contributed by atoms with van der Waals surface area (Å²) in [7, 11) is -4.15. The van der Waals surface area contributed by atoms with Gasteiger partial charge in [-0.3, -0.25) is 19.7 Å². The van der Waals surface area contributed by atoms with Gasteiger partial charge in [0.2, 0.25) is 0 Å². The van der Waals surface area contributed by atoms with E-state index < -0.39 is 14.9 Å². The van der Waals surface area contributed by atoms with Crippen LogP contribution in [0.15, 0.2) is 102 Å². The van der Waals surface area contributed by atoms with Gasteiger partial charge in [0.15, 0.2) is 5.65 Å². The molecule has 0 atom stereocenters. The second kappa shape index (κ2) is 12.2. The molecule has 47 heavy (non-hydrogen) atoms. The zero-order valence-electron chi connectivity index (χ0n) is 25.6. The van der Waals surface area contributed by atoms with Crippen LogP contribution in [0.2, 0.25) is 0 Å². The first-order valence-electron chi connectivity index (χ1n) is 15.4. The molecule has 1 saturated heterocycles. The minimum absolute atomic E-state index is 0.0345. The highest BCUT2D eigenvalue weighted by atomic mass is 32.2. The second-order valence-electron chi connectivity index (χ2n) is 11.5. The molecule has 6 aromatic rings. The molecular formula is C35H31FN6O4S. The van der Waals surface area contributed by atoms with Gasteiger partial charge in [0.05, 0.1) is 15.5 Å². The quantitative estimate of drug-likeness (QED) is 0.121. The highest BCUT2D eigenvalue weighted by Crippen LogP contribution is 2.40. The molecule has 10 nitrogen and oxygen atoms in total. The normalized spacial score (nSPS) is 13.8. The monoisotopic (exact) mass is 650 g/mol. The maximum Gasteiger partial charge on any atom is 0.269 e. The predicted octanol–water partition coefficient (Wildman–Crippen LogP) is 7.13. The first-order chi connectivity index (χ1) is 22.7. The summed E-state index contributed by atoms with van der Waals surface area (Å²) in [6.45, 7) is 4.74. The number of nitrogens with zero attached hydrogens (tertiary/aromatic N) is 6. The van der Waals surface area contributed by atoms with E-state index in [1.807, 2.05) is 13.1 Å². The van der Waals surface area contributed by atoms with Crippen molar-refractivity contribution in [3.05, 3.63) is 119 Å². The molecule has 1 aliphatic rings. The minimum Gasteiger partial charge on any atom is -0.299 e. The van der Waals surface area contributed by atoms with Crippen LogP contribution in [0.3, 0.4) is 0 Å². The summed E-state index contributed by atoms with van der Waals surface area (Å²) in [4.78, 5) is 17.7. The summed E-state index contributed by atoms with van der Waals surface area (Å²) in [6.07, 6.45) is 5.57. The highest BCUT2D eigenvalue weighted by Gasteiger charge is 2.28. The molecule has 0 radical (unpaired) electrons. The zero-order valence-corrected chi connectivity index (χ0v) is 26.4. The maximum atomic E-state index is 15.1. The topological polar surface area (TPSA) is 116 Å². The molecule has 0 spiro atoms. The van der Waals surface area contributed by atoms with Crippen LogP contribution in [0.1, 0.15) is 25.3 Å². The SMILES string of the molecule is CCn1cc(-c2ccnc3c2cc(-c2ccc(F)c(CN4CCCC4)c2)n3S(=O)(=O)c2ccccc2)c(-c2ccc([N+](=O)[O-])cc2)n1. The van der Waals surface area contributed by atoms with Gasteiger partial charge in [-0.25, -0.2) is 21.8 Å². The van der Waals surface area contributed by atoms with Gasteiger partial charge in [0, 0.05) is 59.7 Å². The summed E-state index contributed by atoms with van der Waals surface area (Å²) in [6, 6.07) is 22.6. The molecule has 0 N–H and O–H groups in total. The molecule has 238 valence electrons. The van der Waals surface area contributed by atoms with E-state index in [2.05, 4.69) is 9.88 Å². The van der Waals surface area contributed by atoms with Gasteiger partial charge in [-0.15, -0.1) is 0 Å². The summed E-state index contributed by atoms with van der Waals surface area (Å²) in [5.74, 6) is -0.340. The Balaban J connectivity index is 1.46. The molecule has 7 rings (SSSR count). The van der Waals surface area contributed by atoms with Crippen LogP contribution in [0.4, 0.5) is 10.1 Å². The molecule has 0 bridgehead atoms. The largest absolute Gasteiger partial charge is 0.299 e. The number of hydrogen-bond donors (Lipinski definition) is 0. The van der Waals surface area contributed by atoms with Gasteiger partial charge in [-0.2, -0.15) is 5.10 Å². The first kappa shape index (κ1) is 30.5. The molecule has 3 aromatic heterocycles. The number of rotatable bonds is 9. The number of fused-ring (bicyclic) bond motifs is 1. The van der Waals surface area contributed by atoms with Crippen LogP contribution >= 0.6 is 0 Å². The van der Waals surface area contributed by atoms with Crippen molar-refractivity contribution < 1.29 is 17.7 Å². The van der Waals surface area contributed by atoms with Crippen molar-refractivity contribution in [2.24, 2.45) is 0 Å². The molecule has 3 aromatic carbocycles. The Morgan fingerprint density at radius 2 is 1.64 bits per heavy atom. The van der Waals surface area contributed by atoms with Crippen molar-refractivity contribution in [3.63, 3.8) is 0 Å². The Labute approximate surface area is 270 Å². The Morgan fingerprint density at radius 3 is 2.34 bits per heavy atom. The number of pyridine rings is 1. The average molecular weight is 651 g/mol. The molecule has 4 heterocycles. The molecule has 1 fully saturated rings. The summed E-state index contributed by atoms with van der Waals surface area (Å²) >= 11 is 0. The number of hydrogen-bond acceptors (Lipinski definition) is 7.